The van der Waals surface area contributed by atoms with Gasteiger partial charge in [-0.15, -0.1) is 0 Å². The van der Waals surface area contributed by atoms with Crippen molar-refractivity contribution in [1.82, 2.24) is 14.9 Å². The largest absolute Gasteiger partial charge is 0.319 e. The highest BCUT2D eigenvalue weighted by molar-refractivity contribution is 6.28. The van der Waals surface area contributed by atoms with Gasteiger partial charge in [-0.2, -0.15) is 0 Å². The van der Waals surface area contributed by atoms with Crippen molar-refractivity contribution in [3.05, 3.63) is 17.2 Å². The topological polar surface area (TPSA) is 29.9 Å². The van der Waals surface area contributed by atoms with Gasteiger partial charge in [-0.05, 0) is 44.0 Å². The molecule has 1 unspecified atom stereocenters. The second kappa shape index (κ2) is 3.68. The Bertz CT molecular complexity index is 295. The van der Waals surface area contributed by atoms with E-state index in [-0.39, 0.29) is 0 Å². The Kier molecular flexibility index (Phi) is 2.56. The zero-order valence-electron chi connectivity index (χ0n) is 7.76. The van der Waals surface area contributed by atoms with Gasteiger partial charge in [-0.3, -0.25) is 0 Å². The number of nitrogens with one attached hydrogen (secondary N) is 1. The Morgan fingerprint density at radius 2 is 2.62 bits per heavy atom. The molecular formula is C9H14ClN3. The van der Waals surface area contributed by atoms with Gasteiger partial charge in [-0.25, -0.2) is 4.98 Å². The lowest BCUT2D eigenvalue weighted by atomic mass is 9.96. The molecule has 0 fully saturated rings. The summed E-state index contributed by atoms with van der Waals surface area (Å²) in [7, 11) is 2.00. The predicted molar refractivity (Wildman–Crippen MR) is 53.0 cm³/mol. The van der Waals surface area contributed by atoms with Crippen LogP contribution in [0.3, 0.4) is 0 Å². The minimum Gasteiger partial charge on any atom is -0.319 e. The molecule has 3 nitrogen and oxygen atoms in total. The van der Waals surface area contributed by atoms with Crippen molar-refractivity contribution in [2.24, 2.45) is 5.92 Å². The van der Waals surface area contributed by atoms with Gasteiger partial charge in [0, 0.05) is 18.4 Å². The van der Waals surface area contributed by atoms with Gasteiger partial charge in [0.1, 0.15) is 0 Å². The van der Waals surface area contributed by atoms with Crippen molar-refractivity contribution in [1.29, 1.82) is 0 Å². The normalized spacial score (nSPS) is 21.5. The molecule has 0 aliphatic carbocycles. The van der Waals surface area contributed by atoms with Crippen LogP contribution < -0.4 is 5.32 Å². The monoisotopic (exact) mass is 199 g/mol. The van der Waals surface area contributed by atoms with E-state index < -0.39 is 0 Å². The predicted octanol–water partition coefficient (Wildman–Crippen LogP) is 1.32. The smallest absolute Gasteiger partial charge is 0.202 e. The van der Waals surface area contributed by atoms with Gasteiger partial charge in [0.2, 0.25) is 5.28 Å². The molecular weight excluding hydrogens is 186 g/mol. The van der Waals surface area contributed by atoms with Crippen molar-refractivity contribution in [2.45, 2.75) is 19.4 Å². The highest BCUT2D eigenvalue weighted by Gasteiger charge is 2.19. The minimum absolute atomic E-state index is 0.637. The first-order chi connectivity index (χ1) is 6.31. The van der Waals surface area contributed by atoms with E-state index in [9.17, 15) is 0 Å². The molecule has 1 aliphatic heterocycles. The van der Waals surface area contributed by atoms with Crippen LogP contribution in [-0.4, -0.2) is 23.1 Å². The first kappa shape index (κ1) is 9.03. The van der Waals surface area contributed by atoms with Crippen LogP contribution in [0.4, 0.5) is 0 Å². The third-order valence-corrected chi connectivity index (χ3v) is 2.94. The Balaban J connectivity index is 2.11. The van der Waals surface area contributed by atoms with E-state index in [4.69, 9.17) is 11.6 Å². The van der Waals surface area contributed by atoms with Gasteiger partial charge < -0.3 is 9.88 Å². The number of imidazole rings is 1. The molecule has 1 N–H and O–H groups in total. The fourth-order valence-corrected chi connectivity index (χ4v) is 2.20. The lowest BCUT2D eigenvalue weighted by Crippen LogP contribution is -2.27. The van der Waals surface area contributed by atoms with E-state index in [2.05, 4.69) is 14.9 Å². The van der Waals surface area contributed by atoms with Gasteiger partial charge in [0.25, 0.3) is 0 Å². The van der Waals surface area contributed by atoms with Crippen LogP contribution in [0, 0.1) is 5.92 Å². The molecule has 0 saturated carbocycles. The zero-order chi connectivity index (χ0) is 9.26. The summed E-state index contributed by atoms with van der Waals surface area (Å²) in [5, 5.41) is 3.85. The quantitative estimate of drug-likeness (QED) is 0.779. The molecule has 2 rings (SSSR count). The SMILES string of the molecule is CNCC1CCn2c(cnc2Cl)C1. The molecule has 72 valence electrons. The number of hydrogen-bond donors (Lipinski definition) is 1. The average Bonchev–Trinajstić information content (AvgIpc) is 2.48. The fourth-order valence-electron chi connectivity index (χ4n) is 1.96. The van der Waals surface area contributed by atoms with Gasteiger partial charge >= 0.3 is 0 Å². The Morgan fingerprint density at radius 1 is 1.77 bits per heavy atom. The van der Waals surface area contributed by atoms with Crippen LogP contribution in [0.5, 0.6) is 0 Å². The van der Waals surface area contributed by atoms with Crippen LogP contribution in [0.15, 0.2) is 6.20 Å². The van der Waals surface area contributed by atoms with E-state index in [1.165, 1.54) is 12.1 Å². The highest BCUT2D eigenvalue weighted by Crippen LogP contribution is 2.23. The Hall–Kier alpha value is -0.540. The van der Waals surface area contributed by atoms with Crippen LogP contribution in [0.1, 0.15) is 12.1 Å². The standard InChI is InChI=1S/C9H14ClN3/c1-11-5-7-2-3-13-8(4-7)6-12-9(13)10/h6-7,11H,2-5H2,1H3. The lowest BCUT2D eigenvalue weighted by molar-refractivity contribution is 0.378. The van der Waals surface area contributed by atoms with Crippen molar-refractivity contribution in [3.8, 4) is 0 Å². The number of hydrogen-bond acceptors (Lipinski definition) is 2. The molecule has 4 heteroatoms. The molecule has 1 atom stereocenters. The molecule has 0 saturated heterocycles. The maximum Gasteiger partial charge on any atom is 0.202 e. The molecule has 1 aliphatic rings. The Labute approximate surface area is 83.1 Å². The summed E-state index contributed by atoms with van der Waals surface area (Å²) in [4.78, 5) is 4.10. The molecule has 0 aromatic carbocycles. The number of aromatic nitrogens is 2. The molecule has 0 bridgehead atoms. The summed E-state index contributed by atoms with van der Waals surface area (Å²) < 4.78 is 2.10. The number of halogens is 1. The minimum atomic E-state index is 0.637. The lowest BCUT2D eigenvalue weighted by Gasteiger charge is -2.23. The van der Waals surface area contributed by atoms with Gasteiger partial charge in [-0.1, -0.05) is 0 Å². The maximum absolute atomic E-state index is 5.92. The molecule has 0 radical (unpaired) electrons. The number of fused-ring (bicyclic) bond motifs is 1. The third kappa shape index (κ3) is 1.71. The number of nitrogens with zero attached hydrogens (tertiary/aromatic N) is 2. The molecule has 0 amide bonds. The fraction of sp³-hybridized carbons (Fsp3) is 0.667. The van der Waals surface area contributed by atoms with Gasteiger partial charge in [0.15, 0.2) is 0 Å². The molecule has 2 heterocycles. The average molecular weight is 200 g/mol. The van der Waals surface area contributed by atoms with Crippen molar-refractivity contribution < 1.29 is 0 Å². The third-order valence-electron chi connectivity index (χ3n) is 2.64. The summed E-state index contributed by atoms with van der Waals surface area (Å²) >= 11 is 5.92. The molecule has 1 aromatic rings. The molecule has 13 heavy (non-hydrogen) atoms. The van der Waals surface area contributed by atoms with E-state index >= 15 is 0 Å². The van der Waals surface area contributed by atoms with E-state index in [1.54, 1.807) is 0 Å². The summed E-state index contributed by atoms with van der Waals surface area (Å²) in [5.41, 5.74) is 1.27. The second-order valence-corrected chi connectivity index (χ2v) is 3.92. The van der Waals surface area contributed by atoms with Gasteiger partial charge in [0.05, 0.1) is 0 Å². The van der Waals surface area contributed by atoms with Crippen LogP contribution in [-0.2, 0) is 13.0 Å². The summed E-state index contributed by atoms with van der Waals surface area (Å²) in [6, 6.07) is 0. The maximum atomic E-state index is 5.92. The zero-order valence-corrected chi connectivity index (χ0v) is 8.51. The van der Waals surface area contributed by atoms with Crippen molar-refractivity contribution in [2.75, 3.05) is 13.6 Å². The highest BCUT2D eigenvalue weighted by atomic mass is 35.5. The number of rotatable bonds is 2. The summed E-state index contributed by atoms with van der Waals surface area (Å²) in [6.45, 7) is 2.10. The Morgan fingerprint density at radius 3 is 3.38 bits per heavy atom. The first-order valence-corrected chi connectivity index (χ1v) is 5.03. The van der Waals surface area contributed by atoms with Crippen molar-refractivity contribution in [3.63, 3.8) is 0 Å². The van der Waals surface area contributed by atoms with E-state index in [0.29, 0.717) is 5.28 Å². The van der Waals surface area contributed by atoms with E-state index in [0.717, 1.165) is 25.4 Å². The molecule has 0 spiro atoms. The van der Waals surface area contributed by atoms with E-state index in [1.807, 2.05) is 13.2 Å². The summed E-state index contributed by atoms with van der Waals surface area (Å²) in [6.07, 6.45) is 4.19. The van der Waals surface area contributed by atoms with Crippen LogP contribution in [0.2, 0.25) is 5.28 Å². The summed E-state index contributed by atoms with van der Waals surface area (Å²) in [5.74, 6) is 0.741. The molecule has 1 aromatic heterocycles. The first-order valence-electron chi connectivity index (χ1n) is 4.65. The van der Waals surface area contributed by atoms with Crippen molar-refractivity contribution >= 4 is 11.6 Å². The second-order valence-electron chi connectivity index (χ2n) is 3.59. The van der Waals surface area contributed by atoms with Crippen LogP contribution >= 0.6 is 11.6 Å². The van der Waals surface area contributed by atoms with Crippen LogP contribution in [0.25, 0.3) is 0 Å².